The van der Waals surface area contributed by atoms with Crippen LogP contribution >= 0.6 is 55.9 Å². The van der Waals surface area contributed by atoms with Gasteiger partial charge in [0.05, 0.1) is 28.0 Å². The van der Waals surface area contributed by atoms with E-state index in [4.69, 9.17) is 21.7 Å². The summed E-state index contributed by atoms with van der Waals surface area (Å²) in [6.07, 6.45) is 0.454. The molecule has 4 aromatic rings. The van der Waals surface area contributed by atoms with E-state index in [1.54, 1.807) is 0 Å². The zero-order chi connectivity index (χ0) is 18.8. The number of hydrogen-bond acceptors (Lipinski definition) is 2. The van der Waals surface area contributed by atoms with Gasteiger partial charge in [-0.15, -0.1) is 5.10 Å². The molecule has 0 aliphatic rings. The minimum absolute atomic E-state index is 0.454. The minimum Gasteiger partial charge on any atom is -0.235 e. The quantitative estimate of drug-likeness (QED) is 0.143. The van der Waals surface area contributed by atoms with Gasteiger partial charge in [0.25, 0.3) is 0 Å². The highest BCUT2D eigenvalue weighted by Crippen LogP contribution is 2.39. The molecule has 0 bridgehead atoms. The molecule has 0 amide bonds. The number of benzene rings is 3. The first-order valence-electron chi connectivity index (χ1n) is 8.11. The predicted octanol–water partition coefficient (Wildman–Crippen LogP) is 7.41. The average molecular weight is 569 g/mol. The third-order valence-corrected chi connectivity index (χ3v) is 6.70. The summed E-state index contributed by atoms with van der Waals surface area (Å²) in [7, 11) is 0. The largest absolute Gasteiger partial charge is 0.235 e. The third-order valence-electron chi connectivity index (χ3n) is 4.07. The lowest BCUT2D eigenvalue weighted by molar-refractivity contribution is 1.03. The molecule has 3 aromatic carbocycles. The van der Waals surface area contributed by atoms with Gasteiger partial charge in [0.1, 0.15) is 0 Å². The fourth-order valence-corrected chi connectivity index (χ4v) is 5.26. The van der Waals surface area contributed by atoms with Crippen LogP contribution < -0.4 is 0 Å². The van der Waals surface area contributed by atoms with E-state index in [0.717, 1.165) is 32.2 Å². The van der Waals surface area contributed by atoms with Crippen LogP contribution in [0.5, 0.6) is 0 Å². The maximum Gasteiger partial charge on any atom is 0.184 e. The molecule has 0 spiro atoms. The summed E-state index contributed by atoms with van der Waals surface area (Å²) in [6.45, 7) is 0. The number of nitrogens with zero attached hydrogens (tertiary/aromatic N) is 3. The van der Waals surface area contributed by atoms with Gasteiger partial charge in [-0.05, 0) is 34.2 Å². The van der Waals surface area contributed by atoms with E-state index in [9.17, 15) is 0 Å². The fraction of sp³-hybridized carbons (Fsp3) is 0. The molecule has 7 heteroatoms. The highest BCUT2D eigenvalue weighted by Gasteiger charge is 2.16. The van der Waals surface area contributed by atoms with E-state index < -0.39 is 0 Å². The normalized spacial score (nSPS) is 11.4. The standard InChI is InChI=1S/C20H13BrClIN3P/c21-15-11-16(22)18-17(12-15)26(27-23)25-20(18)24-19(13-7-3-1-4-8-13)14-9-5-2-6-10-14/h1-12,27H. The van der Waals surface area contributed by atoms with Crippen LogP contribution in [-0.2, 0) is 0 Å². The van der Waals surface area contributed by atoms with Crippen LogP contribution in [0.25, 0.3) is 10.9 Å². The van der Waals surface area contributed by atoms with Crippen molar-refractivity contribution in [1.82, 2.24) is 9.55 Å². The summed E-state index contributed by atoms with van der Waals surface area (Å²) in [5.74, 6) is 0.634. The molecule has 0 radical (unpaired) electrons. The number of aromatic nitrogens is 2. The zero-order valence-electron chi connectivity index (χ0n) is 13.9. The molecule has 1 unspecified atom stereocenters. The van der Waals surface area contributed by atoms with Gasteiger partial charge in [-0.25, -0.2) is 9.44 Å². The summed E-state index contributed by atoms with van der Waals surface area (Å²) in [5.41, 5.74) is 3.92. The van der Waals surface area contributed by atoms with Crippen molar-refractivity contribution >= 4 is 78.4 Å². The molecular weight excluding hydrogens is 555 g/mol. The highest BCUT2D eigenvalue weighted by atomic mass is 127. The second-order valence-corrected chi connectivity index (χ2v) is 9.16. The first-order valence-corrected chi connectivity index (χ1v) is 13.3. The molecule has 0 aliphatic carbocycles. The Kier molecular flexibility index (Phi) is 5.93. The summed E-state index contributed by atoms with van der Waals surface area (Å²) in [5, 5.41) is 6.24. The van der Waals surface area contributed by atoms with Gasteiger partial charge >= 0.3 is 0 Å². The number of rotatable bonds is 4. The number of hydrogen-bond donors (Lipinski definition) is 0. The number of fused-ring (bicyclic) bond motifs is 1. The molecule has 1 atom stereocenters. The molecule has 0 fully saturated rings. The van der Waals surface area contributed by atoms with Gasteiger partial charge in [0, 0.05) is 15.6 Å². The zero-order valence-corrected chi connectivity index (χ0v) is 19.4. The lowest BCUT2D eigenvalue weighted by atomic mass is 10.0. The van der Waals surface area contributed by atoms with Crippen LogP contribution in [0.1, 0.15) is 11.1 Å². The molecular formula is C20H13BrClIN3P. The Balaban J connectivity index is 1.99. The van der Waals surface area contributed by atoms with Crippen molar-refractivity contribution in [2.75, 3.05) is 0 Å². The Bertz CT molecular complexity index is 1090. The van der Waals surface area contributed by atoms with Crippen molar-refractivity contribution in [3.8, 4) is 0 Å². The van der Waals surface area contributed by atoms with Crippen LogP contribution in [0.4, 0.5) is 5.82 Å². The Morgan fingerprint density at radius 1 is 1.00 bits per heavy atom. The Labute approximate surface area is 185 Å². The second-order valence-electron chi connectivity index (χ2n) is 5.79. The van der Waals surface area contributed by atoms with E-state index in [2.05, 4.69) is 62.2 Å². The molecule has 0 saturated heterocycles. The maximum atomic E-state index is 6.56. The SMILES string of the molecule is Clc1cc(Br)cc2c1c(N=C(c1ccccc1)c1ccccc1)nn2PI. The lowest BCUT2D eigenvalue weighted by Gasteiger charge is -2.07. The van der Waals surface area contributed by atoms with Crippen molar-refractivity contribution in [1.29, 1.82) is 0 Å². The van der Waals surface area contributed by atoms with Crippen LogP contribution in [0.2, 0.25) is 5.02 Å². The van der Waals surface area contributed by atoms with Crippen LogP contribution in [0.15, 0.2) is 82.3 Å². The molecule has 134 valence electrons. The molecule has 27 heavy (non-hydrogen) atoms. The smallest absolute Gasteiger partial charge is 0.184 e. The van der Waals surface area contributed by atoms with Crippen molar-refractivity contribution in [2.24, 2.45) is 4.99 Å². The molecule has 1 aromatic heterocycles. The lowest BCUT2D eigenvalue weighted by Crippen LogP contribution is -2.02. The van der Waals surface area contributed by atoms with E-state index in [-0.39, 0.29) is 0 Å². The fourth-order valence-electron chi connectivity index (χ4n) is 2.88. The molecule has 0 aliphatic heterocycles. The summed E-state index contributed by atoms with van der Waals surface area (Å²) < 4.78 is 2.87. The second kappa shape index (κ2) is 8.39. The predicted molar refractivity (Wildman–Crippen MR) is 128 cm³/mol. The molecule has 0 saturated carbocycles. The van der Waals surface area contributed by atoms with Crippen molar-refractivity contribution in [2.45, 2.75) is 0 Å². The molecule has 1 heterocycles. The molecule has 0 N–H and O–H groups in total. The third kappa shape index (κ3) is 3.97. The van der Waals surface area contributed by atoms with Crippen molar-refractivity contribution in [3.05, 3.63) is 93.4 Å². The van der Waals surface area contributed by atoms with E-state index in [1.165, 1.54) is 0 Å². The maximum absolute atomic E-state index is 6.56. The van der Waals surface area contributed by atoms with Crippen LogP contribution in [0.3, 0.4) is 0 Å². The Hall–Kier alpha value is -1.27. The van der Waals surface area contributed by atoms with Gasteiger partial charge in [-0.2, -0.15) is 0 Å². The number of aliphatic imine (C=N–C) groups is 1. The molecule has 3 nitrogen and oxygen atoms in total. The van der Waals surface area contributed by atoms with Gasteiger partial charge in [0.2, 0.25) is 0 Å². The van der Waals surface area contributed by atoms with E-state index >= 15 is 0 Å². The van der Waals surface area contributed by atoms with Crippen LogP contribution in [0, 0.1) is 0 Å². The van der Waals surface area contributed by atoms with Crippen LogP contribution in [-0.4, -0.2) is 15.3 Å². The monoisotopic (exact) mass is 567 g/mol. The Morgan fingerprint density at radius 2 is 1.59 bits per heavy atom. The van der Waals surface area contributed by atoms with Gasteiger partial charge in [-0.3, -0.25) is 0 Å². The summed E-state index contributed by atoms with van der Waals surface area (Å²) in [6, 6.07) is 24.2. The van der Waals surface area contributed by atoms with Gasteiger partial charge < -0.3 is 0 Å². The average Bonchev–Trinajstić information content (AvgIpc) is 3.05. The topological polar surface area (TPSA) is 30.2 Å². The van der Waals surface area contributed by atoms with Gasteiger partial charge in [0.15, 0.2) is 5.82 Å². The van der Waals surface area contributed by atoms with E-state index in [1.807, 2.05) is 53.0 Å². The molecule has 4 rings (SSSR count). The van der Waals surface area contributed by atoms with Gasteiger partial charge in [-0.1, -0.05) is 88.2 Å². The summed E-state index contributed by atoms with van der Waals surface area (Å²) in [4.78, 5) is 4.97. The first-order chi connectivity index (χ1) is 13.2. The number of halogens is 3. The minimum atomic E-state index is 0.454. The van der Waals surface area contributed by atoms with Crippen molar-refractivity contribution in [3.63, 3.8) is 0 Å². The first kappa shape index (κ1) is 19.1. The highest BCUT2D eigenvalue weighted by molar-refractivity contribution is 14.2. The van der Waals surface area contributed by atoms with E-state index in [0.29, 0.717) is 17.2 Å². The summed E-state index contributed by atoms with van der Waals surface area (Å²) >= 11 is 12.4. The van der Waals surface area contributed by atoms with Crippen molar-refractivity contribution < 1.29 is 0 Å². The Morgan fingerprint density at radius 3 is 2.15 bits per heavy atom.